The quantitative estimate of drug-likeness (QED) is 0.695. The van der Waals surface area contributed by atoms with Crippen LogP contribution in [-0.4, -0.2) is 11.7 Å². The van der Waals surface area contributed by atoms with Crippen molar-refractivity contribution in [2.24, 2.45) is 0 Å². The largest absolute Gasteiger partial charge is 0.550 e. The molecule has 0 fully saturated rings. The first kappa shape index (κ1) is 20.0. The van der Waals surface area contributed by atoms with Gasteiger partial charge in [-0.3, -0.25) is 0 Å². The number of fused-ring (bicyclic) bond motifs is 1. The number of aliphatic carboxylic acids is 1. The summed E-state index contributed by atoms with van der Waals surface area (Å²) in [5.74, 6) is 6.76. The summed E-state index contributed by atoms with van der Waals surface area (Å²) in [6, 6.07) is 8.40. The van der Waals surface area contributed by atoms with Crippen molar-refractivity contribution in [1.29, 1.82) is 0 Å². The Labute approximate surface area is 170 Å². The molecule has 0 N–H and O–H groups in total. The number of hydrogen-bond acceptors (Lipinski definition) is 4. The number of thiophene rings is 1. The number of carboxylic acids is 1. The molecule has 2 heterocycles. The van der Waals surface area contributed by atoms with Gasteiger partial charge >= 0.3 is 0 Å². The molecule has 1 aromatic carbocycles. The van der Waals surface area contributed by atoms with Gasteiger partial charge in [-0.05, 0) is 72.2 Å². The topological polar surface area (TPSA) is 40.1 Å². The predicted molar refractivity (Wildman–Crippen MR) is 112 cm³/mol. The number of carbonyl (C=O) groups excluding carboxylic acids is 1. The Morgan fingerprint density at radius 2 is 1.96 bits per heavy atom. The highest BCUT2D eigenvalue weighted by atomic mass is 32.2. The third-order valence-electron chi connectivity index (χ3n) is 5.65. The molecule has 142 valence electrons. The standard InChI is InChI=1S/C23H26O2S2/c1-4-16-14-21-20(23(5-2,6-3)11-12-26-21)13-17(16)7-8-18-9-10-19(27-18)15-22(24)25/h9-10,13-14H,4-6,11-12,15H2,1-3H3,(H,24,25)/p-1. The number of carboxylic acid groups (broad SMARTS) is 1. The third kappa shape index (κ3) is 4.25. The van der Waals surface area contributed by atoms with E-state index in [-0.39, 0.29) is 11.8 Å². The van der Waals surface area contributed by atoms with Gasteiger partial charge in [0, 0.05) is 27.7 Å². The monoisotopic (exact) mass is 397 g/mol. The first-order valence-corrected chi connectivity index (χ1v) is 11.4. The number of rotatable bonds is 5. The zero-order valence-corrected chi connectivity index (χ0v) is 17.8. The van der Waals surface area contributed by atoms with Gasteiger partial charge in [0.05, 0.1) is 4.88 Å². The fraction of sp³-hybridized carbons (Fsp3) is 0.435. The highest BCUT2D eigenvalue weighted by Gasteiger charge is 2.34. The summed E-state index contributed by atoms with van der Waals surface area (Å²) in [7, 11) is 0. The smallest absolute Gasteiger partial charge is 0.0775 e. The van der Waals surface area contributed by atoms with Crippen molar-refractivity contribution >= 4 is 29.1 Å². The maximum absolute atomic E-state index is 10.8. The van der Waals surface area contributed by atoms with Gasteiger partial charge in [-0.25, -0.2) is 0 Å². The summed E-state index contributed by atoms with van der Waals surface area (Å²) >= 11 is 3.41. The van der Waals surface area contributed by atoms with Crippen LogP contribution >= 0.6 is 23.1 Å². The highest BCUT2D eigenvalue weighted by molar-refractivity contribution is 7.99. The summed E-state index contributed by atoms with van der Waals surface area (Å²) < 4.78 is 0. The van der Waals surface area contributed by atoms with Crippen LogP contribution in [0.3, 0.4) is 0 Å². The Bertz CT molecular complexity index is 895. The number of hydrogen-bond donors (Lipinski definition) is 0. The molecule has 1 aromatic heterocycles. The zero-order chi connectivity index (χ0) is 19.4. The van der Waals surface area contributed by atoms with E-state index in [1.807, 2.05) is 23.9 Å². The van der Waals surface area contributed by atoms with E-state index in [9.17, 15) is 9.90 Å². The van der Waals surface area contributed by atoms with E-state index in [0.717, 1.165) is 34.6 Å². The van der Waals surface area contributed by atoms with Crippen LogP contribution in [0.4, 0.5) is 0 Å². The van der Waals surface area contributed by atoms with Crippen molar-refractivity contribution in [3.8, 4) is 11.8 Å². The average molecular weight is 398 g/mol. The lowest BCUT2D eigenvalue weighted by Gasteiger charge is -2.38. The van der Waals surface area contributed by atoms with E-state index in [1.165, 1.54) is 39.5 Å². The third-order valence-corrected chi connectivity index (χ3v) is 7.71. The van der Waals surface area contributed by atoms with E-state index >= 15 is 0 Å². The van der Waals surface area contributed by atoms with E-state index in [1.54, 1.807) is 0 Å². The number of benzene rings is 1. The molecular formula is C23H25O2S2-. The van der Waals surface area contributed by atoms with Gasteiger partial charge in [-0.2, -0.15) is 0 Å². The molecule has 0 amide bonds. The van der Waals surface area contributed by atoms with Crippen LogP contribution < -0.4 is 5.11 Å². The van der Waals surface area contributed by atoms with Crippen molar-refractivity contribution in [2.45, 2.75) is 63.2 Å². The van der Waals surface area contributed by atoms with Crippen molar-refractivity contribution in [1.82, 2.24) is 0 Å². The Balaban J connectivity index is 1.99. The van der Waals surface area contributed by atoms with Crippen molar-refractivity contribution < 1.29 is 9.90 Å². The Kier molecular flexibility index (Phi) is 6.34. The van der Waals surface area contributed by atoms with Gasteiger partial charge in [0.1, 0.15) is 0 Å². The maximum atomic E-state index is 10.8. The summed E-state index contributed by atoms with van der Waals surface area (Å²) in [4.78, 5) is 13.9. The molecule has 0 saturated heterocycles. The maximum Gasteiger partial charge on any atom is 0.0775 e. The normalized spacial score (nSPS) is 14.9. The van der Waals surface area contributed by atoms with E-state index in [0.29, 0.717) is 0 Å². The van der Waals surface area contributed by atoms with Gasteiger partial charge in [0.15, 0.2) is 0 Å². The second-order valence-electron chi connectivity index (χ2n) is 7.01. The number of carbonyl (C=O) groups is 1. The molecule has 0 aliphatic carbocycles. The fourth-order valence-electron chi connectivity index (χ4n) is 3.85. The van der Waals surface area contributed by atoms with Gasteiger partial charge < -0.3 is 9.90 Å². The molecule has 3 rings (SSSR count). The first-order chi connectivity index (χ1) is 13.0. The molecule has 1 aliphatic heterocycles. The average Bonchev–Trinajstić information content (AvgIpc) is 3.11. The molecule has 2 nitrogen and oxygen atoms in total. The molecule has 4 heteroatoms. The predicted octanol–water partition coefficient (Wildman–Crippen LogP) is 4.56. The van der Waals surface area contributed by atoms with Crippen molar-refractivity contribution in [3.05, 3.63) is 50.7 Å². The van der Waals surface area contributed by atoms with Crippen molar-refractivity contribution in [3.63, 3.8) is 0 Å². The van der Waals surface area contributed by atoms with E-state index in [4.69, 9.17) is 0 Å². The highest BCUT2D eigenvalue weighted by Crippen LogP contribution is 2.46. The van der Waals surface area contributed by atoms with Gasteiger partial charge in [-0.15, -0.1) is 23.1 Å². The summed E-state index contributed by atoms with van der Waals surface area (Å²) in [6.07, 6.45) is 4.47. The Hall–Kier alpha value is -1.70. The molecule has 0 saturated carbocycles. The number of thioether (sulfide) groups is 1. The molecule has 0 bridgehead atoms. The van der Waals surface area contributed by atoms with Crippen LogP contribution in [0.2, 0.25) is 0 Å². The summed E-state index contributed by atoms with van der Waals surface area (Å²) in [5.41, 5.74) is 4.14. The molecule has 0 spiro atoms. The molecular weight excluding hydrogens is 372 g/mol. The fourth-order valence-corrected chi connectivity index (χ4v) is 6.07. The molecule has 0 unspecified atom stereocenters. The van der Waals surface area contributed by atoms with Gasteiger partial charge in [0.25, 0.3) is 0 Å². The van der Waals surface area contributed by atoms with Gasteiger partial charge in [0.2, 0.25) is 0 Å². The molecule has 2 aromatic rings. The van der Waals surface area contributed by atoms with Crippen LogP contribution in [0.5, 0.6) is 0 Å². The lowest BCUT2D eigenvalue weighted by atomic mass is 9.72. The minimum atomic E-state index is -1.05. The van der Waals surface area contributed by atoms with Crippen molar-refractivity contribution in [2.75, 3.05) is 5.75 Å². The summed E-state index contributed by atoms with van der Waals surface area (Å²) in [5, 5.41) is 10.8. The minimum Gasteiger partial charge on any atom is -0.550 e. The summed E-state index contributed by atoms with van der Waals surface area (Å²) in [6.45, 7) is 6.77. The van der Waals surface area contributed by atoms with E-state index in [2.05, 4.69) is 44.7 Å². The molecule has 0 atom stereocenters. The second kappa shape index (κ2) is 8.54. The SMILES string of the molecule is CCc1cc2c(cc1C#Cc1ccc(CC(=O)[O-])s1)C(CC)(CC)CCS2. The second-order valence-corrected chi connectivity index (χ2v) is 9.31. The van der Waals surface area contributed by atoms with Crippen LogP contribution in [0.15, 0.2) is 29.2 Å². The number of aryl methyl sites for hydroxylation is 1. The molecule has 0 radical (unpaired) electrons. The van der Waals surface area contributed by atoms with Crippen LogP contribution in [0.25, 0.3) is 0 Å². The lowest BCUT2D eigenvalue weighted by Crippen LogP contribution is -2.29. The Morgan fingerprint density at radius 3 is 2.63 bits per heavy atom. The first-order valence-electron chi connectivity index (χ1n) is 9.62. The Morgan fingerprint density at radius 1 is 1.19 bits per heavy atom. The van der Waals surface area contributed by atoms with Crippen LogP contribution in [0, 0.1) is 11.8 Å². The van der Waals surface area contributed by atoms with Gasteiger partial charge in [-0.1, -0.05) is 32.6 Å². The lowest BCUT2D eigenvalue weighted by molar-refractivity contribution is -0.304. The van der Waals surface area contributed by atoms with E-state index < -0.39 is 5.97 Å². The minimum absolute atomic E-state index is 0.0435. The molecule has 1 aliphatic rings. The van der Waals surface area contributed by atoms with Crippen LogP contribution in [0.1, 0.15) is 66.5 Å². The zero-order valence-electron chi connectivity index (χ0n) is 16.2. The van der Waals surface area contributed by atoms with Crippen LogP contribution in [-0.2, 0) is 23.1 Å². The molecule has 27 heavy (non-hydrogen) atoms.